The third-order valence-electron chi connectivity index (χ3n) is 3.53. The topological polar surface area (TPSA) is 47.5 Å². The molecule has 2 saturated heterocycles. The van der Waals surface area contributed by atoms with Crippen LogP contribution in [0.25, 0.3) is 0 Å². The largest absolute Gasteiger partial charge is 0.347 e. The Morgan fingerprint density at radius 1 is 1.22 bits per heavy atom. The summed E-state index contributed by atoms with van der Waals surface area (Å²) in [5, 5.41) is 10.7. The van der Waals surface area contributed by atoms with Gasteiger partial charge in [-0.25, -0.2) is 0 Å². The van der Waals surface area contributed by atoms with Crippen LogP contribution in [0, 0.1) is 0 Å². The number of rotatable bonds is 3. The van der Waals surface area contributed by atoms with Crippen molar-refractivity contribution >= 4 is 16.5 Å². The van der Waals surface area contributed by atoms with Crippen molar-refractivity contribution in [2.75, 3.05) is 31.2 Å². The van der Waals surface area contributed by atoms with Gasteiger partial charge in [0, 0.05) is 32.4 Å². The van der Waals surface area contributed by atoms with Gasteiger partial charge in [-0.3, -0.25) is 0 Å². The first-order valence-corrected chi connectivity index (χ1v) is 7.48. The summed E-state index contributed by atoms with van der Waals surface area (Å²) in [7, 11) is 0. The fourth-order valence-corrected chi connectivity index (χ4v) is 3.50. The number of piperidine rings is 1. The van der Waals surface area contributed by atoms with Gasteiger partial charge in [0.2, 0.25) is 5.13 Å². The fourth-order valence-electron chi connectivity index (χ4n) is 2.51. The molecule has 0 unspecified atom stereocenters. The van der Waals surface area contributed by atoms with E-state index < -0.39 is 0 Å². The molecule has 6 heteroatoms. The Labute approximate surface area is 111 Å². The molecule has 1 spiro atoms. The van der Waals surface area contributed by atoms with Crippen LogP contribution in [0.1, 0.15) is 31.2 Å². The van der Waals surface area contributed by atoms with Gasteiger partial charge < -0.3 is 14.4 Å². The predicted molar refractivity (Wildman–Crippen MR) is 70.0 cm³/mol. The molecule has 5 nitrogen and oxygen atoms in total. The van der Waals surface area contributed by atoms with E-state index in [-0.39, 0.29) is 5.79 Å². The molecule has 100 valence electrons. The van der Waals surface area contributed by atoms with Gasteiger partial charge >= 0.3 is 0 Å². The maximum absolute atomic E-state index is 5.73. The molecule has 0 aliphatic carbocycles. The first-order chi connectivity index (χ1) is 8.81. The molecule has 2 aliphatic heterocycles. The molecular weight excluding hydrogens is 250 g/mol. The van der Waals surface area contributed by atoms with Gasteiger partial charge in [0.15, 0.2) is 5.79 Å². The molecule has 0 N–H and O–H groups in total. The van der Waals surface area contributed by atoms with Crippen molar-refractivity contribution in [3.63, 3.8) is 0 Å². The zero-order valence-corrected chi connectivity index (χ0v) is 11.5. The molecule has 3 rings (SSSR count). The summed E-state index contributed by atoms with van der Waals surface area (Å²) in [4.78, 5) is 2.30. The summed E-state index contributed by atoms with van der Waals surface area (Å²) in [5.41, 5.74) is 0. The van der Waals surface area contributed by atoms with Crippen LogP contribution < -0.4 is 4.90 Å². The summed E-state index contributed by atoms with van der Waals surface area (Å²) in [6.45, 7) is 5.53. The molecule has 18 heavy (non-hydrogen) atoms. The summed E-state index contributed by atoms with van der Waals surface area (Å²) in [5.74, 6) is -0.298. The average Bonchev–Trinajstić information content (AvgIpc) is 3.02. The van der Waals surface area contributed by atoms with Crippen molar-refractivity contribution in [1.82, 2.24) is 10.2 Å². The second kappa shape index (κ2) is 5.11. The van der Waals surface area contributed by atoms with E-state index >= 15 is 0 Å². The Bertz CT molecular complexity index is 394. The number of aryl methyl sites for hydroxylation is 1. The molecule has 0 aromatic carbocycles. The Morgan fingerprint density at radius 2 is 1.94 bits per heavy atom. The van der Waals surface area contributed by atoms with Gasteiger partial charge in [0.25, 0.3) is 0 Å². The van der Waals surface area contributed by atoms with Crippen LogP contribution in [-0.4, -0.2) is 42.3 Å². The highest BCUT2D eigenvalue weighted by Crippen LogP contribution is 2.34. The lowest BCUT2D eigenvalue weighted by Crippen LogP contribution is -2.45. The first-order valence-electron chi connectivity index (χ1n) is 6.66. The van der Waals surface area contributed by atoms with Crippen molar-refractivity contribution < 1.29 is 9.47 Å². The quantitative estimate of drug-likeness (QED) is 0.838. The number of ether oxygens (including phenoxy) is 2. The minimum absolute atomic E-state index is 0.298. The van der Waals surface area contributed by atoms with E-state index in [0.717, 1.165) is 62.1 Å². The van der Waals surface area contributed by atoms with E-state index in [1.165, 1.54) is 0 Å². The molecule has 0 saturated carbocycles. The third kappa shape index (κ3) is 2.37. The number of hydrogen-bond donors (Lipinski definition) is 0. The van der Waals surface area contributed by atoms with Gasteiger partial charge in [0.1, 0.15) is 5.01 Å². The van der Waals surface area contributed by atoms with Crippen LogP contribution in [0.4, 0.5) is 5.13 Å². The minimum atomic E-state index is -0.298. The van der Waals surface area contributed by atoms with E-state index in [0.29, 0.717) is 0 Å². The van der Waals surface area contributed by atoms with Gasteiger partial charge in [-0.15, -0.1) is 10.2 Å². The minimum Gasteiger partial charge on any atom is -0.347 e. The number of aromatic nitrogens is 2. The molecule has 1 aromatic rings. The normalized spacial score (nSPS) is 22.8. The Balaban J connectivity index is 1.61. The molecule has 2 fully saturated rings. The first kappa shape index (κ1) is 12.3. The molecule has 0 atom stereocenters. The van der Waals surface area contributed by atoms with E-state index in [1.807, 2.05) is 0 Å². The summed E-state index contributed by atoms with van der Waals surface area (Å²) in [6.07, 6.45) is 4.01. The lowest BCUT2D eigenvalue weighted by Gasteiger charge is -2.37. The zero-order chi connectivity index (χ0) is 12.4. The summed E-state index contributed by atoms with van der Waals surface area (Å²) >= 11 is 1.72. The SMILES string of the molecule is CCCc1nnc(N2CCC3(CC2)OCCO3)s1. The van der Waals surface area contributed by atoms with E-state index in [2.05, 4.69) is 22.0 Å². The Hall–Kier alpha value is -0.720. The highest BCUT2D eigenvalue weighted by atomic mass is 32.1. The van der Waals surface area contributed by atoms with Gasteiger partial charge in [-0.1, -0.05) is 18.3 Å². The molecular formula is C12H19N3O2S. The van der Waals surface area contributed by atoms with Crippen molar-refractivity contribution in [3.05, 3.63) is 5.01 Å². The zero-order valence-electron chi connectivity index (χ0n) is 10.7. The van der Waals surface area contributed by atoms with Crippen molar-refractivity contribution in [1.29, 1.82) is 0 Å². The smallest absolute Gasteiger partial charge is 0.208 e. The molecule has 1 aromatic heterocycles. The van der Waals surface area contributed by atoms with Crippen LogP contribution in [0.2, 0.25) is 0 Å². The van der Waals surface area contributed by atoms with E-state index in [9.17, 15) is 0 Å². The highest BCUT2D eigenvalue weighted by molar-refractivity contribution is 7.15. The molecule has 0 amide bonds. The number of nitrogens with zero attached hydrogens (tertiary/aromatic N) is 3. The number of anilines is 1. The van der Waals surface area contributed by atoms with Gasteiger partial charge in [0.05, 0.1) is 13.2 Å². The lowest BCUT2D eigenvalue weighted by atomic mass is 10.0. The third-order valence-corrected chi connectivity index (χ3v) is 4.57. The van der Waals surface area contributed by atoms with E-state index in [4.69, 9.17) is 9.47 Å². The van der Waals surface area contributed by atoms with Crippen LogP contribution in [0.3, 0.4) is 0 Å². The molecule has 0 radical (unpaired) electrons. The maximum Gasteiger partial charge on any atom is 0.208 e. The fraction of sp³-hybridized carbons (Fsp3) is 0.833. The Kier molecular flexibility index (Phi) is 3.50. The number of hydrogen-bond acceptors (Lipinski definition) is 6. The molecule has 2 aliphatic rings. The van der Waals surface area contributed by atoms with Crippen LogP contribution in [0.5, 0.6) is 0 Å². The highest BCUT2D eigenvalue weighted by Gasteiger charge is 2.40. The van der Waals surface area contributed by atoms with Crippen LogP contribution in [0.15, 0.2) is 0 Å². The van der Waals surface area contributed by atoms with Gasteiger partial charge in [-0.05, 0) is 6.42 Å². The van der Waals surface area contributed by atoms with Gasteiger partial charge in [-0.2, -0.15) is 0 Å². The maximum atomic E-state index is 5.73. The standard InChI is InChI=1S/C12H19N3O2S/c1-2-3-10-13-14-11(18-10)15-6-4-12(5-7-15)16-8-9-17-12/h2-9H2,1H3. The average molecular weight is 269 g/mol. The van der Waals surface area contributed by atoms with Crippen molar-refractivity contribution in [2.45, 2.75) is 38.4 Å². The summed E-state index contributed by atoms with van der Waals surface area (Å²) in [6, 6.07) is 0. The second-order valence-electron chi connectivity index (χ2n) is 4.82. The second-order valence-corrected chi connectivity index (χ2v) is 5.86. The monoisotopic (exact) mass is 269 g/mol. The van der Waals surface area contributed by atoms with Crippen molar-refractivity contribution in [2.24, 2.45) is 0 Å². The van der Waals surface area contributed by atoms with Crippen LogP contribution >= 0.6 is 11.3 Å². The molecule has 0 bridgehead atoms. The van der Waals surface area contributed by atoms with Crippen molar-refractivity contribution in [3.8, 4) is 0 Å². The summed E-state index contributed by atoms with van der Waals surface area (Å²) < 4.78 is 11.5. The van der Waals surface area contributed by atoms with Crippen LogP contribution in [-0.2, 0) is 15.9 Å². The van der Waals surface area contributed by atoms with E-state index in [1.54, 1.807) is 11.3 Å². The lowest BCUT2D eigenvalue weighted by molar-refractivity contribution is -0.169. The predicted octanol–water partition coefficient (Wildman–Crippen LogP) is 1.83. The Morgan fingerprint density at radius 3 is 2.61 bits per heavy atom. The molecule has 3 heterocycles.